The molecular formula is C14H19NO2. The van der Waals surface area contributed by atoms with E-state index in [-0.39, 0.29) is 0 Å². The first-order valence-corrected chi connectivity index (χ1v) is 5.91. The summed E-state index contributed by atoms with van der Waals surface area (Å²) < 4.78 is 13.0. The quantitative estimate of drug-likeness (QED) is 0.741. The zero-order valence-electron chi connectivity index (χ0n) is 10.7. The lowest BCUT2D eigenvalue weighted by Crippen LogP contribution is -2.02. The molecule has 3 heteroatoms. The molecular weight excluding hydrogens is 214 g/mol. The van der Waals surface area contributed by atoms with Crippen LogP contribution in [-0.2, 0) is 11.8 Å². The molecule has 0 N–H and O–H groups in total. The molecule has 2 rings (SSSR count). The second-order valence-corrected chi connectivity index (χ2v) is 4.23. The smallest absolute Gasteiger partial charge is 0.143 e. The zero-order chi connectivity index (χ0) is 12.3. The van der Waals surface area contributed by atoms with Crippen molar-refractivity contribution in [3.63, 3.8) is 0 Å². The Morgan fingerprint density at radius 2 is 2.06 bits per heavy atom. The van der Waals surface area contributed by atoms with Gasteiger partial charge in [-0.2, -0.15) is 0 Å². The largest absolute Gasteiger partial charge is 0.491 e. The van der Waals surface area contributed by atoms with Crippen LogP contribution in [0.15, 0.2) is 24.3 Å². The van der Waals surface area contributed by atoms with Crippen molar-refractivity contribution in [1.29, 1.82) is 0 Å². The first-order chi connectivity index (χ1) is 8.24. The number of hydrogen-bond donors (Lipinski definition) is 0. The van der Waals surface area contributed by atoms with E-state index < -0.39 is 0 Å². The molecule has 0 bridgehead atoms. The molecule has 0 fully saturated rings. The number of para-hydroxylation sites is 1. The van der Waals surface area contributed by atoms with Gasteiger partial charge in [-0.3, -0.25) is 0 Å². The number of ether oxygens (including phenoxy) is 2. The maximum absolute atomic E-state index is 5.81. The molecule has 2 aromatic rings. The van der Waals surface area contributed by atoms with Crippen molar-refractivity contribution in [2.24, 2.45) is 7.05 Å². The van der Waals surface area contributed by atoms with Crippen molar-refractivity contribution in [2.45, 2.75) is 13.3 Å². The van der Waals surface area contributed by atoms with Crippen LogP contribution in [0.4, 0.5) is 0 Å². The Morgan fingerprint density at radius 1 is 1.24 bits per heavy atom. The Kier molecular flexibility index (Phi) is 3.69. The molecule has 17 heavy (non-hydrogen) atoms. The van der Waals surface area contributed by atoms with E-state index in [0.29, 0.717) is 6.61 Å². The van der Waals surface area contributed by atoms with Gasteiger partial charge in [0.2, 0.25) is 0 Å². The van der Waals surface area contributed by atoms with Gasteiger partial charge in [-0.05, 0) is 19.1 Å². The maximum atomic E-state index is 5.81. The lowest BCUT2D eigenvalue weighted by atomic mass is 10.2. The highest BCUT2D eigenvalue weighted by molar-refractivity contribution is 5.86. The number of hydrogen-bond acceptors (Lipinski definition) is 2. The molecule has 0 saturated carbocycles. The molecule has 0 saturated heterocycles. The minimum atomic E-state index is 0.692. The van der Waals surface area contributed by atoms with Gasteiger partial charge < -0.3 is 14.0 Å². The highest BCUT2D eigenvalue weighted by Crippen LogP contribution is 2.27. The van der Waals surface area contributed by atoms with Crippen LogP contribution in [0.5, 0.6) is 5.75 Å². The number of aryl methyl sites for hydroxylation is 2. The Balaban J connectivity index is 2.21. The van der Waals surface area contributed by atoms with Crippen molar-refractivity contribution in [3.05, 3.63) is 30.0 Å². The van der Waals surface area contributed by atoms with E-state index in [1.165, 1.54) is 16.6 Å². The predicted octanol–water partition coefficient (Wildman–Crippen LogP) is 2.90. The fraction of sp³-hybridized carbons (Fsp3) is 0.429. The van der Waals surface area contributed by atoms with E-state index in [1.54, 1.807) is 7.11 Å². The maximum Gasteiger partial charge on any atom is 0.143 e. The standard InChI is InChI=1S/C14H19NO2/c1-11-10-12-6-4-7-13(14(12)15(11)2)17-9-5-8-16-3/h4,6-7,10H,5,8-9H2,1-3H3. The van der Waals surface area contributed by atoms with Crippen molar-refractivity contribution >= 4 is 10.9 Å². The molecule has 0 unspecified atom stereocenters. The molecule has 0 radical (unpaired) electrons. The van der Waals surface area contributed by atoms with Gasteiger partial charge in [-0.15, -0.1) is 0 Å². The summed E-state index contributed by atoms with van der Waals surface area (Å²) >= 11 is 0. The minimum Gasteiger partial charge on any atom is -0.491 e. The SMILES string of the molecule is COCCCOc1cccc2cc(C)n(C)c12. The van der Waals surface area contributed by atoms with Crippen LogP contribution < -0.4 is 4.74 Å². The van der Waals surface area contributed by atoms with Crippen LogP contribution in [0, 0.1) is 6.92 Å². The number of nitrogens with zero attached hydrogens (tertiary/aromatic N) is 1. The summed E-state index contributed by atoms with van der Waals surface area (Å²) in [6.45, 7) is 3.54. The predicted molar refractivity (Wildman–Crippen MR) is 69.6 cm³/mol. The lowest BCUT2D eigenvalue weighted by Gasteiger charge is -2.09. The number of fused-ring (bicyclic) bond motifs is 1. The number of methoxy groups -OCH3 is 1. The minimum absolute atomic E-state index is 0.692. The lowest BCUT2D eigenvalue weighted by molar-refractivity contribution is 0.172. The molecule has 92 valence electrons. The summed E-state index contributed by atoms with van der Waals surface area (Å²) in [5.41, 5.74) is 2.41. The molecule has 0 spiro atoms. The highest BCUT2D eigenvalue weighted by Gasteiger charge is 2.07. The van der Waals surface area contributed by atoms with Gasteiger partial charge in [0.15, 0.2) is 0 Å². The van der Waals surface area contributed by atoms with E-state index in [2.05, 4.69) is 30.7 Å². The second kappa shape index (κ2) is 5.23. The topological polar surface area (TPSA) is 23.4 Å². The molecule has 1 aromatic heterocycles. The third-order valence-corrected chi connectivity index (χ3v) is 3.01. The Hall–Kier alpha value is -1.48. The summed E-state index contributed by atoms with van der Waals surface area (Å²) in [4.78, 5) is 0. The van der Waals surface area contributed by atoms with Crippen LogP contribution in [0.2, 0.25) is 0 Å². The third-order valence-electron chi connectivity index (χ3n) is 3.01. The highest BCUT2D eigenvalue weighted by atomic mass is 16.5. The summed E-state index contributed by atoms with van der Waals surface area (Å²) in [5.74, 6) is 0.953. The van der Waals surface area contributed by atoms with Gasteiger partial charge >= 0.3 is 0 Å². The Bertz CT molecular complexity index is 502. The van der Waals surface area contributed by atoms with E-state index in [9.17, 15) is 0 Å². The third kappa shape index (κ3) is 2.44. The van der Waals surface area contributed by atoms with Gasteiger partial charge in [-0.25, -0.2) is 0 Å². The van der Waals surface area contributed by atoms with Gasteiger partial charge in [0, 0.05) is 38.3 Å². The van der Waals surface area contributed by atoms with Gasteiger partial charge in [0.05, 0.1) is 12.1 Å². The van der Waals surface area contributed by atoms with Gasteiger partial charge in [0.1, 0.15) is 5.75 Å². The molecule has 0 aliphatic heterocycles. The fourth-order valence-electron chi connectivity index (χ4n) is 2.01. The van der Waals surface area contributed by atoms with Crippen molar-refractivity contribution < 1.29 is 9.47 Å². The average molecular weight is 233 g/mol. The van der Waals surface area contributed by atoms with Crippen LogP contribution >= 0.6 is 0 Å². The zero-order valence-corrected chi connectivity index (χ0v) is 10.7. The van der Waals surface area contributed by atoms with E-state index in [0.717, 1.165) is 18.8 Å². The monoisotopic (exact) mass is 233 g/mol. The molecule has 1 aromatic carbocycles. The van der Waals surface area contributed by atoms with Crippen LogP contribution in [-0.4, -0.2) is 24.9 Å². The van der Waals surface area contributed by atoms with Crippen molar-refractivity contribution in [1.82, 2.24) is 4.57 Å². The summed E-state index contributed by atoms with van der Waals surface area (Å²) in [6, 6.07) is 8.35. The van der Waals surface area contributed by atoms with E-state index >= 15 is 0 Å². The number of benzene rings is 1. The normalized spacial score (nSPS) is 11.0. The van der Waals surface area contributed by atoms with E-state index in [1.807, 2.05) is 12.1 Å². The summed E-state index contributed by atoms with van der Waals surface area (Å²) in [7, 11) is 3.78. The van der Waals surface area contributed by atoms with Gasteiger partial charge in [-0.1, -0.05) is 12.1 Å². The second-order valence-electron chi connectivity index (χ2n) is 4.23. The first-order valence-electron chi connectivity index (χ1n) is 5.91. The summed E-state index contributed by atoms with van der Waals surface area (Å²) in [6.07, 6.45) is 0.913. The fourth-order valence-corrected chi connectivity index (χ4v) is 2.01. The molecule has 0 aliphatic carbocycles. The summed E-state index contributed by atoms with van der Waals surface area (Å²) in [5, 5.41) is 1.23. The molecule has 0 amide bonds. The molecule has 1 heterocycles. The van der Waals surface area contributed by atoms with Crippen LogP contribution in [0.1, 0.15) is 12.1 Å². The number of rotatable bonds is 5. The van der Waals surface area contributed by atoms with E-state index in [4.69, 9.17) is 9.47 Å². The van der Waals surface area contributed by atoms with Crippen molar-refractivity contribution in [2.75, 3.05) is 20.3 Å². The average Bonchev–Trinajstić information content (AvgIpc) is 2.62. The first kappa shape index (κ1) is 12.0. The van der Waals surface area contributed by atoms with Gasteiger partial charge in [0.25, 0.3) is 0 Å². The van der Waals surface area contributed by atoms with Crippen molar-refractivity contribution in [3.8, 4) is 5.75 Å². The number of aromatic nitrogens is 1. The van der Waals surface area contributed by atoms with Crippen LogP contribution in [0.25, 0.3) is 10.9 Å². The molecule has 0 aliphatic rings. The molecule has 3 nitrogen and oxygen atoms in total. The molecule has 0 atom stereocenters. The Labute approximate surface area is 102 Å². The van der Waals surface area contributed by atoms with Crippen LogP contribution in [0.3, 0.4) is 0 Å². The Morgan fingerprint density at radius 3 is 2.82 bits per heavy atom.